The Bertz CT molecular complexity index is 460. The molecule has 0 aliphatic carbocycles. The number of hydrogen-bond acceptors (Lipinski definition) is 2. The van der Waals surface area contributed by atoms with Crippen molar-refractivity contribution >= 4 is 5.91 Å². The highest BCUT2D eigenvalue weighted by atomic mass is 16.5. The van der Waals surface area contributed by atoms with Gasteiger partial charge in [-0.1, -0.05) is 6.07 Å². The molecule has 1 amide bonds. The van der Waals surface area contributed by atoms with E-state index in [1.165, 1.54) is 6.42 Å². The van der Waals surface area contributed by atoms with Gasteiger partial charge in [0.25, 0.3) is 5.91 Å². The first-order valence-electron chi connectivity index (χ1n) is 7.58. The van der Waals surface area contributed by atoms with Crippen LogP contribution in [0.4, 0.5) is 0 Å². The molecule has 1 aliphatic heterocycles. The second-order valence-corrected chi connectivity index (χ2v) is 6.04. The molecule has 20 heavy (non-hydrogen) atoms. The van der Waals surface area contributed by atoms with E-state index in [0.29, 0.717) is 12.1 Å². The summed E-state index contributed by atoms with van der Waals surface area (Å²) >= 11 is 0. The number of ether oxygens (including phenoxy) is 1. The number of nitrogens with zero attached hydrogens (tertiary/aromatic N) is 1. The van der Waals surface area contributed by atoms with Gasteiger partial charge in [-0.2, -0.15) is 0 Å². The summed E-state index contributed by atoms with van der Waals surface area (Å²) in [5.41, 5.74) is 0.726. The van der Waals surface area contributed by atoms with Crippen molar-refractivity contribution in [3.05, 3.63) is 29.8 Å². The third kappa shape index (κ3) is 3.33. The molecule has 3 heteroatoms. The predicted octanol–water partition coefficient (Wildman–Crippen LogP) is 3.88. The SMILES string of the molecule is CC(C)Oc1cccc(C(=O)N2[C@H](C)CCC[C@H]2C)c1. The van der Waals surface area contributed by atoms with Gasteiger partial charge in [0.2, 0.25) is 0 Å². The zero-order valence-corrected chi connectivity index (χ0v) is 12.9. The predicted molar refractivity (Wildman–Crippen MR) is 81.2 cm³/mol. The van der Waals surface area contributed by atoms with E-state index in [-0.39, 0.29) is 12.0 Å². The molecule has 3 nitrogen and oxygen atoms in total. The minimum absolute atomic E-state index is 0.119. The summed E-state index contributed by atoms with van der Waals surface area (Å²) in [6.45, 7) is 8.26. The Labute approximate surface area is 121 Å². The first-order chi connectivity index (χ1) is 9.49. The van der Waals surface area contributed by atoms with Gasteiger partial charge in [0.15, 0.2) is 0 Å². The van der Waals surface area contributed by atoms with Gasteiger partial charge in [-0.05, 0) is 65.2 Å². The average molecular weight is 275 g/mol. The second-order valence-electron chi connectivity index (χ2n) is 6.04. The summed E-state index contributed by atoms with van der Waals surface area (Å²) in [4.78, 5) is 14.8. The van der Waals surface area contributed by atoms with E-state index < -0.39 is 0 Å². The van der Waals surface area contributed by atoms with Crippen molar-refractivity contribution in [1.29, 1.82) is 0 Å². The molecule has 0 spiro atoms. The van der Waals surface area contributed by atoms with E-state index in [1.807, 2.05) is 43.0 Å². The fourth-order valence-electron chi connectivity index (χ4n) is 2.95. The summed E-state index contributed by atoms with van der Waals surface area (Å²) < 4.78 is 5.68. The lowest BCUT2D eigenvalue weighted by molar-refractivity contribution is 0.0510. The normalized spacial score (nSPS) is 22.9. The molecular formula is C17H25NO2. The van der Waals surface area contributed by atoms with E-state index >= 15 is 0 Å². The summed E-state index contributed by atoms with van der Waals surface area (Å²) in [5, 5.41) is 0. The summed E-state index contributed by atoms with van der Waals surface area (Å²) in [7, 11) is 0. The minimum atomic E-state index is 0.119. The van der Waals surface area contributed by atoms with Crippen LogP contribution in [0.5, 0.6) is 5.75 Å². The van der Waals surface area contributed by atoms with Crippen LogP contribution in [-0.4, -0.2) is 29.0 Å². The molecule has 0 saturated carbocycles. The summed E-state index contributed by atoms with van der Waals surface area (Å²) in [5.74, 6) is 0.891. The van der Waals surface area contributed by atoms with Gasteiger partial charge in [0.05, 0.1) is 6.10 Å². The van der Waals surface area contributed by atoms with Crippen LogP contribution in [0.3, 0.4) is 0 Å². The quantitative estimate of drug-likeness (QED) is 0.838. The Morgan fingerprint density at radius 2 is 1.90 bits per heavy atom. The van der Waals surface area contributed by atoms with Gasteiger partial charge in [-0.3, -0.25) is 4.79 Å². The average Bonchev–Trinajstić information content (AvgIpc) is 2.38. The lowest BCUT2D eigenvalue weighted by Gasteiger charge is -2.39. The lowest BCUT2D eigenvalue weighted by Crippen LogP contribution is -2.47. The number of likely N-dealkylation sites (tertiary alicyclic amines) is 1. The van der Waals surface area contributed by atoms with Crippen molar-refractivity contribution in [2.24, 2.45) is 0 Å². The topological polar surface area (TPSA) is 29.5 Å². The van der Waals surface area contributed by atoms with Crippen molar-refractivity contribution in [2.45, 2.75) is 65.1 Å². The summed E-state index contributed by atoms with van der Waals surface area (Å²) in [6, 6.07) is 8.17. The smallest absolute Gasteiger partial charge is 0.254 e. The number of hydrogen-bond donors (Lipinski definition) is 0. The van der Waals surface area contributed by atoms with Gasteiger partial charge >= 0.3 is 0 Å². The Morgan fingerprint density at radius 1 is 1.25 bits per heavy atom. The Hall–Kier alpha value is -1.51. The molecule has 1 saturated heterocycles. The number of benzene rings is 1. The maximum Gasteiger partial charge on any atom is 0.254 e. The van der Waals surface area contributed by atoms with Crippen LogP contribution < -0.4 is 4.74 Å². The largest absolute Gasteiger partial charge is 0.491 e. The van der Waals surface area contributed by atoms with Crippen molar-refractivity contribution in [2.75, 3.05) is 0 Å². The van der Waals surface area contributed by atoms with Gasteiger partial charge in [0, 0.05) is 17.6 Å². The van der Waals surface area contributed by atoms with Crippen LogP contribution in [-0.2, 0) is 0 Å². The highest BCUT2D eigenvalue weighted by molar-refractivity contribution is 5.95. The molecule has 1 heterocycles. The minimum Gasteiger partial charge on any atom is -0.491 e. The highest BCUT2D eigenvalue weighted by Crippen LogP contribution is 2.25. The van der Waals surface area contributed by atoms with Crippen LogP contribution in [0.15, 0.2) is 24.3 Å². The Morgan fingerprint density at radius 3 is 2.50 bits per heavy atom. The molecule has 0 radical (unpaired) electrons. The molecule has 0 aromatic heterocycles. The molecule has 0 N–H and O–H groups in total. The van der Waals surface area contributed by atoms with E-state index in [2.05, 4.69) is 13.8 Å². The molecule has 1 aliphatic rings. The van der Waals surface area contributed by atoms with Crippen LogP contribution >= 0.6 is 0 Å². The molecule has 0 unspecified atom stereocenters. The number of carbonyl (C=O) groups excluding carboxylic acids is 1. The van der Waals surface area contributed by atoms with Crippen molar-refractivity contribution in [3.63, 3.8) is 0 Å². The van der Waals surface area contributed by atoms with Crippen LogP contribution in [0, 0.1) is 0 Å². The molecule has 0 bridgehead atoms. The Kier molecular flexibility index (Phi) is 4.69. The lowest BCUT2D eigenvalue weighted by atomic mass is 9.96. The third-order valence-corrected chi connectivity index (χ3v) is 3.88. The zero-order valence-electron chi connectivity index (χ0n) is 12.9. The maximum atomic E-state index is 12.7. The zero-order chi connectivity index (χ0) is 14.7. The van der Waals surface area contributed by atoms with Crippen LogP contribution in [0.2, 0.25) is 0 Å². The van der Waals surface area contributed by atoms with E-state index in [0.717, 1.165) is 24.2 Å². The van der Waals surface area contributed by atoms with Crippen LogP contribution in [0.25, 0.3) is 0 Å². The highest BCUT2D eigenvalue weighted by Gasteiger charge is 2.29. The van der Waals surface area contributed by atoms with Gasteiger partial charge in [-0.25, -0.2) is 0 Å². The van der Waals surface area contributed by atoms with E-state index in [9.17, 15) is 4.79 Å². The Balaban J connectivity index is 2.19. The molecular weight excluding hydrogens is 250 g/mol. The first-order valence-corrected chi connectivity index (χ1v) is 7.58. The molecule has 110 valence electrons. The van der Waals surface area contributed by atoms with Crippen molar-refractivity contribution in [3.8, 4) is 5.75 Å². The first kappa shape index (κ1) is 14.9. The van der Waals surface area contributed by atoms with Crippen LogP contribution in [0.1, 0.15) is 57.3 Å². The monoisotopic (exact) mass is 275 g/mol. The van der Waals surface area contributed by atoms with E-state index in [1.54, 1.807) is 0 Å². The number of carbonyl (C=O) groups is 1. The third-order valence-electron chi connectivity index (χ3n) is 3.88. The molecule has 1 aromatic carbocycles. The molecule has 2 atom stereocenters. The molecule has 2 rings (SSSR count). The molecule has 1 fully saturated rings. The fourth-order valence-corrected chi connectivity index (χ4v) is 2.95. The van der Waals surface area contributed by atoms with Gasteiger partial charge in [0.1, 0.15) is 5.75 Å². The number of rotatable bonds is 3. The standard InChI is InChI=1S/C17H25NO2/c1-12(2)20-16-10-6-9-15(11-16)17(19)18-13(3)7-5-8-14(18)4/h6,9-14H,5,7-8H2,1-4H3/t13-,14-/m1/s1. The van der Waals surface area contributed by atoms with Gasteiger partial charge in [-0.15, -0.1) is 0 Å². The van der Waals surface area contributed by atoms with Crippen molar-refractivity contribution < 1.29 is 9.53 Å². The fraction of sp³-hybridized carbons (Fsp3) is 0.588. The summed E-state index contributed by atoms with van der Waals surface area (Å²) in [6.07, 6.45) is 3.52. The van der Waals surface area contributed by atoms with Crippen molar-refractivity contribution in [1.82, 2.24) is 4.90 Å². The van der Waals surface area contributed by atoms with Gasteiger partial charge < -0.3 is 9.64 Å². The maximum absolute atomic E-state index is 12.7. The second kappa shape index (κ2) is 6.29. The number of amides is 1. The number of piperidine rings is 1. The van der Waals surface area contributed by atoms with E-state index in [4.69, 9.17) is 4.74 Å². The molecule has 1 aromatic rings.